The normalized spacial score (nSPS) is 34.5. The highest BCUT2D eigenvalue weighted by atomic mass is 16.5. The first kappa shape index (κ1) is 16.8. The number of ether oxygens (including phenoxy) is 1. The lowest BCUT2D eigenvalue weighted by Crippen LogP contribution is -2.50. The van der Waals surface area contributed by atoms with Crippen LogP contribution in [0.4, 0.5) is 0 Å². The third kappa shape index (κ3) is 3.25. The van der Waals surface area contributed by atoms with Crippen LogP contribution in [-0.2, 0) is 16.1 Å². The smallest absolute Gasteiger partial charge is 0.240 e. The summed E-state index contributed by atoms with van der Waals surface area (Å²) in [6.45, 7) is 5.31. The van der Waals surface area contributed by atoms with Crippen LogP contribution in [0.2, 0.25) is 0 Å². The van der Waals surface area contributed by atoms with Crippen LogP contribution in [-0.4, -0.2) is 41.6 Å². The fourth-order valence-electron chi connectivity index (χ4n) is 4.92. The minimum absolute atomic E-state index is 0.0130. The summed E-state index contributed by atoms with van der Waals surface area (Å²) in [5, 5.41) is 3.59. The van der Waals surface area contributed by atoms with Gasteiger partial charge in [-0.3, -0.25) is 4.79 Å². The number of piperidine rings is 1. The van der Waals surface area contributed by atoms with Gasteiger partial charge in [-0.25, -0.2) is 0 Å². The zero-order valence-corrected chi connectivity index (χ0v) is 14.8. The van der Waals surface area contributed by atoms with Gasteiger partial charge < -0.3 is 15.0 Å². The van der Waals surface area contributed by atoms with Gasteiger partial charge in [0.15, 0.2) is 0 Å². The molecular weight excluding hydrogens is 312 g/mol. The van der Waals surface area contributed by atoms with Gasteiger partial charge in [0.2, 0.25) is 5.91 Å². The zero-order valence-electron chi connectivity index (χ0n) is 14.8. The molecule has 3 aliphatic rings. The Morgan fingerprint density at radius 1 is 1.20 bits per heavy atom. The van der Waals surface area contributed by atoms with E-state index in [-0.39, 0.29) is 24.0 Å². The first-order valence-corrected chi connectivity index (χ1v) is 9.60. The van der Waals surface area contributed by atoms with E-state index >= 15 is 0 Å². The van der Waals surface area contributed by atoms with Gasteiger partial charge in [0.1, 0.15) is 0 Å². The van der Waals surface area contributed by atoms with Crippen LogP contribution >= 0.6 is 0 Å². The number of benzene rings is 1. The number of carbonyl (C=O) groups excluding carboxylic acids is 1. The van der Waals surface area contributed by atoms with E-state index in [0.29, 0.717) is 25.2 Å². The average molecular weight is 340 g/mol. The molecule has 134 valence electrons. The molecule has 1 N–H and O–H groups in total. The zero-order chi connectivity index (χ0) is 17.2. The van der Waals surface area contributed by atoms with Gasteiger partial charge in [0.05, 0.1) is 25.3 Å². The Morgan fingerprint density at radius 2 is 2.04 bits per heavy atom. The molecule has 1 amide bonds. The summed E-state index contributed by atoms with van der Waals surface area (Å²) in [4.78, 5) is 15.3. The van der Waals surface area contributed by atoms with Crippen LogP contribution in [0.25, 0.3) is 0 Å². The van der Waals surface area contributed by atoms with E-state index in [4.69, 9.17) is 4.74 Å². The molecule has 4 nitrogen and oxygen atoms in total. The Hall–Kier alpha value is -1.65. The quantitative estimate of drug-likeness (QED) is 0.838. The van der Waals surface area contributed by atoms with Gasteiger partial charge in [0, 0.05) is 18.0 Å². The molecule has 0 saturated carbocycles. The summed E-state index contributed by atoms with van der Waals surface area (Å²) in [6, 6.07) is 11.1. The molecule has 25 heavy (non-hydrogen) atoms. The summed E-state index contributed by atoms with van der Waals surface area (Å²) in [5.41, 5.74) is 1.18. The molecule has 3 heterocycles. The summed E-state index contributed by atoms with van der Waals surface area (Å²) in [5.74, 6) is 0.637. The van der Waals surface area contributed by atoms with E-state index < -0.39 is 0 Å². The van der Waals surface area contributed by atoms with Crippen LogP contribution in [0.3, 0.4) is 0 Å². The van der Waals surface area contributed by atoms with Crippen LogP contribution in [0.5, 0.6) is 0 Å². The molecule has 1 aromatic rings. The molecule has 1 aromatic carbocycles. The van der Waals surface area contributed by atoms with Crippen LogP contribution in [0.1, 0.15) is 37.7 Å². The Labute approximate surface area is 150 Å². The lowest BCUT2D eigenvalue weighted by molar-refractivity contribution is -0.137. The van der Waals surface area contributed by atoms with Crippen molar-refractivity contribution in [3.8, 4) is 0 Å². The van der Waals surface area contributed by atoms with E-state index in [1.807, 2.05) is 18.2 Å². The number of rotatable bonds is 5. The fourth-order valence-corrected chi connectivity index (χ4v) is 4.92. The van der Waals surface area contributed by atoms with Gasteiger partial charge in [-0.1, -0.05) is 36.4 Å². The predicted octanol–water partition coefficient (Wildman–Crippen LogP) is 2.89. The summed E-state index contributed by atoms with van der Waals surface area (Å²) in [6.07, 6.45) is 7.42. The maximum atomic E-state index is 13.1. The van der Waals surface area contributed by atoms with E-state index in [2.05, 4.69) is 35.0 Å². The van der Waals surface area contributed by atoms with Crippen LogP contribution in [0, 0.1) is 5.92 Å². The first-order chi connectivity index (χ1) is 12.3. The topological polar surface area (TPSA) is 41.6 Å². The maximum absolute atomic E-state index is 13.1. The largest absolute Gasteiger partial charge is 0.375 e. The molecule has 3 saturated heterocycles. The van der Waals surface area contributed by atoms with E-state index in [0.717, 1.165) is 32.1 Å². The number of nitrogens with zero attached hydrogens (tertiary/aromatic N) is 1. The molecule has 0 aromatic heterocycles. The molecule has 4 rings (SSSR count). The number of hydrogen-bond acceptors (Lipinski definition) is 3. The predicted molar refractivity (Wildman–Crippen MR) is 98.0 cm³/mol. The first-order valence-electron chi connectivity index (χ1n) is 9.60. The van der Waals surface area contributed by atoms with Crippen molar-refractivity contribution in [2.45, 2.75) is 62.9 Å². The Morgan fingerprint density at radius 3 is 2.84 bits per heavy atom. The number of fused-ring (bicyclic) bond motifs is 3. The molecule has 0 radical (unpaired) electrons. The number of carbonyl (C=O) groups is 1. The molecule has 0 aliphatic carbocycles. The summed E-state index contributed by atoms with van der Waals surface area (Å²) in [7, 11) is 0. The highest BCUT2D eigenvalue weighted by molar-refractivity contribution is 5.83. The molecular formula is C21H28N2O2. The lowest BCUT2D eigenvalue weighted by atomic mass is 9.85. The lowest BCUT2D eigenvalue weighted by Gasteiger charge is -2.33. The van der Waals surface area contributed by atoms with Crippen molar-refractivity contribution in [2.75, 3.05) is 6.61 Å². The van der Waals surface area contributed by atoms with Crippen LogP contribution in [0.15, 0.2) is 43.0 Å². The maximum Gasteiger partial charge on any atom is 0.240 e. The second-order valence-electron chi connectivity index (χ2n) is 7.61. The standard InChI is InChI=1S/C21H28N2O2/c1-2-17-18-9-6-10-19(22-18)21(24)23-16(11-12-20(17)23)14-25-13-15-7-4-3-5-8-15/h2-5,7-8,16-20,22H,1,6,9-14H2/t16-,17+,18-,19?,20?/m0/s1. The van der Waals surface area contributed by atoms with Crippen molar-refractivity contribution in [3.63, 3.8) is 0 Å². The van der Waals surface area contributed by atoms with E-state index in [1.165, 1.54) is 5.56 Å². The second kappa shape index (κ2) is 7.30. The van der Waals surface area contributed by atoms with Gasteiger partial charge in [-0.15, -0.1) is 6.58 Å². The third-order valence-electron chi connectivity index (χ3n) is 6.12. The summed E-state index contributed by atoms with van der Waals surface area (Å²) >= 11 is 0. The SMILES string of the molecule is C=C[C@H]1C2CC[C@@H](COCc3ccccc3)N2C(=O)C2CCC[C@@H]1N2. The van der Waals surface area contributed by atoms with Gasteiger partial charge >= 0.3 is 0 Å². The molecule has 4 heteroatoms. The molecule has 2 unspecified atom stereocenters. The van der Waals surface area contributed by atoms with Crippen LogP contribution < -0.4 is 5.32 Å². The number of hydrogen-bond donors (Lipinski definition) is 1. The van der Waals surface area contributed by atoms with Crippen molar-refractivity contribution < 1.29 is 9.53 Å². The fraction of sp³-hybridized carbons (Fsp3) is 0.571. The monoisotopic (exact) mass is 340 g/mol. The Bertz CT molecular complexity index is 618. The van der Waals surface area contributed by atoms with Gasteiger partial charge in [-0.2, -0.15) is 0 Å². The second-order valence-corrected chi connectivity index (χ2v) is 7.61. The van der Waals surface area contributed by atoms with Crippen molar-refractivity contribution in [1.29, 1.82) is 0 Å². The molecule has 3 aliphatic heterocycles. The highest BCUT2D eigenvalue weighted by Crippen LogP contribution is 2.38. The highest BCUT2D eigenvalue weighted by Gasteiger charge is 2.48. The Balaban J connectivity index is 1.46. The third-order valence-corrected chi connectivity index (χ3v) is 6.12. The molecule has 0 spiro atoms. The van der Waals surface area contributed by atoms with E-state index in [9.17, 15) is 4.79 Å². The summed E-state index contributed by atoms with van der Waals surface area (Å²) < 4.78 is 5.98. The molecule has 3 fully saturated rings. The van der Waals surface area contributed by atoms with Crippen molar-refractivity contribution >= 4 is 5.91 Å². The molecule has 2 bridgehead atoms. The number of nitrogens with one attached hydrogen (secondary N) is 1. The van der Waals surface area contributed by atoms with E-state index in [1.54, 1.807) is 0 Å². The van der Waals surface area contributed by atoms with Crippen molar-refractivity contribution in [2.24, 2.45) is 5.92 Å². The van der Waals surface area contributed by atoms with Crippen molar-refractivity contribution in [3.05, 3.63) is 48.6 Å². The molecule has 5 atom stereocenters. The minimum atomic E-state index is -0.0130. The van der Waals surface area contributed by atoms with Gasteiger partial charge in [-0.05, 0) is 37.7 Å². The number of amides is 1. The minimum Gasteiger partial charge on any atom is -0.375 e. The van der Waals surface area contributed by atoms with Gasteiger partial charge in [0.25, 0.3) is 0 Å². The van der Waals surface area contributed by atoms with Crippen molar-refractivity contribution in [1.82, 2.24) is 10.2 Å². The Kier molecular flexibility index (Phi) is 4.91. The average Bonchev–Trinajstić information content (AvgIpc) is 3.03.